The average Bonchev–Trinajstić information content (AvgIpc) is 2.25. The number of aliphatic carboxylic acids is 1. The van der Waals surface area contributed by atoms with Crippen molar-refractivity contribution in [3.05, 3.63) is 29.8 Å². The van der Waals surface area contributed by atoms with E-state index in [0.717, 1.165) is 4.90 Å². The summed E-state index contributed by atoms with van der Waals surface area (Å²) in [6.07, 6.45) is 0. The molecule has 1 rings (SSSR count). The summed E-state index contributed by atoms with van der Waals surface area (Å²) in [5, 5.41) is 8.93. The highest BCUT2D eigenvalue weighted by Crippen LogP contribution is 2.26. The fourth-order valence-corrected chi connectivity index (χ4v) is 2.26. The molecule has 0 aliphatic carbocycles. The van der Waals surface area contributed by atoms with Gasteiger partial charge in [-0.2, -0.15) is 0 Å². The van der Waals surface area contributed by atoms with Crippen molar-refractivity contribution in [3.8, 4) is 0 Å². The molecule has 0 saturated carbocycles. The quantitative estimate of drug-likeness (QED) is 0.823. The number of carboxylic acid groups (broad SMARTS) is 1. The first kappa shape index (κ1) is 15.1. The van der Waals surface area contributed by atoms with Gasteiger partial charge in [0.1, 0.15) is 5.54 Å². The highest BCUT2D eigenvalue weighted by molar-refractivity contribution is 7.99. The molecule has 0 aliphatic rings. The Morgan fingerprint density at radius 3 is 2.11 bits per heavy atom. The van der Waals surface area contributed by atoms with Gasteiger partial charge in [-0.1, -0.05) is 32.9 Å². The first-order valence-electron chi connectivity index (χ1n) is 5.88. The first-order valence-corrected chi connectivity index (χ1v) is 6.87. The Labute approximate surface area is 113 Å². The second kappa shape index (κ2) is 5.33. The van der Waals surface area contributed by atoms with Crippen LogP contribution in [-0.2, 0) is 10.2 Å². The third kappa shape index (κ3) is 4.03. The normalized spacial score (nSPS) is 15.2. The lowest BCUT2D eigenvalue weighted by Crippen LogP contribution is -2.47. The Hall–Kier alpha value is -1.00. The molecule has 3 N–H and O–H groups in total. The highest BCUT2D eigenvalue weighted by Gasteiger charge is 2.27. The Bertz CT molecular complexity index is 418. The number of hydrogen-bond donors (Lipinski definition) is 2. The van der Waals surface area contributed by atoms with Crippen LogP contribution >= 0.6 is 11.8 Å². The Kier molecular flexibility index (Phi) is 4.46. The zero-order chi connectivity index (χ0) is 14.0. The number of rotatable bonds is 4. The van der Waals surface area contributed by atoms with E-state index in [9.17, 15) is 4.79 Å². The molecule has 1 unspecified atom stereocenters. The summed E-state index contributed by atoms with van der Waals surface area (Å²) in [5.41, 5.74) is 5.90. The number of benzene rings is 1. The van der Waals surface area contributed by atoms with Gasteiger partial charge >= 0.3 is 5.97 Å². The van der Waals surface area contributed by atoms with Gasteiger partial charge in [0.25, 0.3) is 0 Å². The minimum Gasteiger partial charge on any atom is -0.480 e. The molecule has 4 heteroatoms. The molecule has 3 nitrogen and oxygen atoms in total. The molecule has 0 fully saturated rings. The van der Waals surface area contributed by atoms with Crippen molar-refractivity contribution in [2.75, 3.05) is 5.75 Å². The summed E-state index contributed by atoms with van der Waals surface area (Å²) in [4.78, 5) is 11.9. The molecule has 0 radical (unpaired) electrons. The molecule has 0 aliphatic heterocycles. The summed E-state index contributed by atoms with van der Waals surface area (Å²) in [6.45, 7) is 8.02. The molecule has 0 saturated heterocycles. The Morgan fingerprint density at radius 1 is 1.22 bits per heavy atom. The van der Waals surface area contributed by atoms with Gasteiger partial charge in [0.05, 0.1) is 0 Å². The molecule has 18 heavy (non-hydrogen) atoms. The third-order valence-electron chi connectivity index (χ3n) is 2.75. The van der Waals surface area contributed by atoms with Crippen LogP contribution in [0.5, 0.6) is 0 Å². The first-order chi connectivity index (χ1) is 8.13. The lowest BCUT2D eigenvalue weighted by Gasteiger charge is -2.20. The van der Waals surface area contributed by atoms with Crippen LogP contribution in [0, 0.1) is 0 Å². The van der Waals surface area contributed by atoms with E-state index in [-0.39, 0.29) is 5.41 Å². The monoisotopic (exact) mass is 267 g/mol. The molecule has 0 amide bonds. The van der Waals surface area contributed by atoms with Crippen LogP contribution in [0.1, 0.15) is 33.3 Å². The standard InChI is InChI=1S/C14H21NO2S/c1-13(2,3)10-5-7-11(8-6-10)18-9-14(4,15)12(16)17/h5-8H,9,15H2,1-4H3,(H,16,17). The van der Waals surface area contributed by atoms with Crippen LogP contribution in [0.2, 0.25) is 0 Å². The fraction of sp³-hybridized carbons (Fsp3) is 0.500. The molecule has 1 aromatic carbocycles. The number of thioether (sulfide) groups is 1. The van der Waals surface area contributed by atoms with Gasteiger partial charge in [0.2, 0.25) is 0 Å². The van der Waals surface area contributed by atoms with Crippen LogP contribution in [-0.4, -0.2) is 22.4 Å². The zero-order valence-electron chi connectivity index (χ0n) is 11.4. The molecular formula is C14H21NO2S. The maximum absolute atomic E-state index is 10.9. The van der Waals surface area contributed by atoms with Crippen molar-refractivity contribution < 1.29 is 9.90 Å². The van der Waals surface area contributed by atoms with E-state index < -0.39 is 11.5 Å². The maximum atomic E-state index is 10.9. The lowest BCUT2D eigenvalue weighted by molar-refractivity contribution is -0.141. The van der Waals surface area contributed by atoms with Crippen molar-refractivity contribution in [2.24, 2.45) is 5.73 Å². The van der Waals surface area contributed by atoms with Crippen LogP contribution in [0.4, 0.5) is 0 Å². The van der Waals surface area contributed by atoms with Gasteiger partial charge in [0, 0.05) is 10.6 Å². The summed E-state index contributed by atoms with van der Waals surface area (Å²) in [7, 11) is 0. The van der Waals surface area contributed by atoms with E-state index in [1.165, 1.54) is 24.2 Å². The summed E-state index contributed by atoms with van der Waals surface area (Å²) >= 11 is 1.47. The average molecular weight is 267 g/mol. The van der Waals surface area contributed by atoms with E-state index >= 15 is 0 Å². The minimum atomic E-state index is -1.19. The molecule has 1 atom stereocenters. The molecule has 0 spiro atoms. The number of hydrogen-bond acceptors (Lipinski definition) is 3. The predicted molar refractivity (Wildman–Crippen MR) is 76.1 cm³/mol. The molecule has 0 heterocycles. The molecule has 0 bridgehead atoms. The van der Waals surface area contributed by atoms with Gasteiger partial charge in [-0.15, -0.1) is 11.8 Å². The van der Waals surface area contributed by atoms with Gasteiger partial charge < -0.3 is 10.8 Å². The van der Waals surface area contributed by atoms with Crippen molar-refractivity contribution in [1.29, 1.82) is 0 Å². The van der Waals surface area contributed by atoms with E-state index in [1.54, 1.807) is 0 Å². The van der Waals surface area contributed by atoms with Gasteiger partial charge in [-0.05, 0) is 30.0 Å². The van der Waals surface area contributed by atoms with Crippen molar-refractivity contribution in [2.45, 2.75) is 43.5 Å². The number of carboxylic acids is 1. The second-order valence-corrected chi connectivity index (χ2v) is 6.83. The SMILES string of the molecule is CC(N)(CSc1ccc(C(C)(C)C)cc1)C(=O)O. The summed E-state index contributed by atoms with van der Waals surface area (Å²) in [5.74, 6) is -0.613. The topological polar surface area (TPSA) is 63.3 Å². The number of nitrogens with two attached hydrogens (primary N) is 1. The largest absolute Gasteiger partial charge is 0.480 e. The number of carbonyl (C=O) groups is 1. The van der Waals surface area contributed by atoms with E-state index in [1.807, 2.05) is 12.1 Å². The smallest absolute Gasteiger partial charge is 0.324 e. The molecule has 0 aromatic heterocycles. The second-order valence-electron chi connectivity index (χ2n) is 5.79. The van der Waals surface area contributed by atoms with E-state index in [4.69, 9.17) is 10.8 Å². The van der Waals surface area contributed by atoms with Crippen molar-refractivity contribution >= 4 is 17.7 Å². The Morgan fingerprint density at radius 2 is 1.72 bits per heavy atom. The van der Waals surface area contributed by atoms with E-state index in [2.05, 4.69) is 32.9 Å². The highest BCUT2D eigenvalue weighted by atomic mass is 32.2. The van der Waals surface area contributed by atoms with Crippen LogP contribution in [0.3, 0.4) is 0 Å². The van der Waals surface area contributed by atoms with Gasteiger partial charge in [-0.25, -0.2) is 0 Å². The van der Waals surface area contributed by atoms with Crippen LogP contribution < -0.4 is 5.73 Å². The summed E-state index contributed by atoms with van der Waals surface area (Å²) in [6, 6.07) is 8.19. The van der Waals surface area contributed by atoms with Gasteiger partial charge in [0.15, 0.2) is 0 Å². The van der Waals surface area contributed by atoms with Crippen molar-refractivity contribution in [1.82, 2.24) is 0 Å². The van der Waals surface area contributed by atoms with E-state index in [0.29, 0.717) is 5.75 Å². The third-order valence-corrected chi connectivity index (χ3v) is 4.10. The molecule has 1 aromatic rings. The predicted octanol–water partition coefficient (Wildman–Crippen LogP) is 2.88. The molecular weight excluding hydrogens is 246 g/mol. The Balaban J connectivity index is 2.68. The summed E-state index contributed by atoms with van der Waals surface area (Å²) < 4.78 is 0. The van der Waals surface area contributed by atoms with Crippen molar-refractivity contribution in [3.63, 3.8) is 0 Å². The van der Waals surface area contributed by atoms with Crippen LogP contribution in [0.15, 0.2) is 29.2 Å². The minimum absolute atomic E-state index is 0.132. The van der Waals surface area contributed by atoms with Gasteiger partial charge in [-0.3, -0.25) is 4.79 Å². The fourth-order valence-electron chi connectivity index (χ4n) is 1.35. The maximum Gasteiger partial charge on any atom is 0.324 e. The lowest BCUT2D eigenvalue weighted by atomic mass is 9.87. The molecule has 100 valence electrons. The van der Waals surface area contributed by atoms with Crippen LogP contribution in [0.25, 0.3) is 0 Å². The zero-order valence-corrected chi connectivity index (χ0v) is 12.2.